The molecule has 31 heavy (non-hydrogen) atoms. The SMILES string of the molecule is O=C(CSc1nnc(-c2ccccc2)n1-c1ccc(F)cc1)NCC(=O)N1CCCC1. The second-order valence-corrected chi connectivity index (χ2v) is 8.08. The summed E-state index contributed by atoms with van der Waals surface area (Å²) in [6.45, 7) is 1.51. The molecule has 0 unspecified atom stereocenters. The highest BCUT2D eigenvalue weighted by Gasteiger charge is 2.20. The number of hydrogen-bond acceptors (Lipinski definition) is 5. The molecule has 1 aromatic heterocycles. The average molecular weight is 440 g/mol. The van der Waals surface area contributed by atoms with Gasteiger partial charge in [0.2, 0.25) is 11.8 Å². The van der Waals surface area contributed by atoms with Gasteiger partial charge in [0, 0.05) is 24.3 Å². The van der Waals surface area contributed by atoms with Gasteiger partial charge in [-0.3, -0.25) is 14.2 Å². The third kappa shape index (κ3) is 5.11. The van der Waals surface area contributed by atoms with E-state index in [1.54, 1.807) is 21.6 Å². The Morgan fingerprint density at radius 1 is 1.00 bits per heavy atom. The molecule has 9 heteroatoms. The van der Waals surface area contributed by atoms with Crippen molar-refractivity contribution in [3.63, 3.8) is 0 Å². The summed E-state index contributed by atoms with van der Waals surface area (Å²) >= 11 is 1.21. The molecule has 4 rings (SSSR count). The minimum atomic E-state index is -0.339. The summed E-state index contributed by atoms with van der Waals surface area (Å²) in [6, 6.07) is 15.6. The number of hydrogen-bond donors (Lipinski definition) is 1. The molecule has 0 radical (unpaired) electrons. The zero-order chi connectivity index (χ0) is 21.6. The van der Waals surface area contributed by atoms with Crippen molar-refractivity contribution >= 4 is 23.6 Å². The lowest BCUT2D eigenvalue weighted by Crippen LogP contribution is -2.39. The summed E-state index contributed by atoms with van der Waals surface area (Å²) in [7, 11) is 0. The van der Waals surface area contributed by atoms with E-state index in [-0.39, 0.29) is 29.9 Å². The van der Waals surface area contributed by atoms with Crippen molar-refractivity contribution in [3.8, 4) is 17.1 Å². The Kier molecular flexibility index (Phi) is 6.61. The van der Waals surface area contributed by atoms with E-state index in [1.165, 1.54) is 23.9 Å². The Labute approximate surface area is 183 Å². The van der Waals surface area contributed by atoms with Crippen LogP contribution in [-0.4, -0.2) is 56.9 Å². The van der Waals surface area contributed by atoms with Crippen LogP contribution in [0.5, 0.6) is 0 Å². The highest BCUT2D eigenvalue weighted by molar-refractivity contribution is 7.99. The molecule has 2 amide bonds. The van der Waals surface area contributed by atoms with E-state index >= 15 is 0 Å². The molecule has 1 aliphatic heterocycles. The van der Waals surface area contributed by atoms with Gasteiger partial charge in [0.1, 0.15) is 5.82 Å². The topological polar surface area (TPSA) is 80.1 Å². The molecule has 0 spiro atoms. The van der Waals surface area contributed by atoms with Crippen molar-refractivity contribution in [1.29, 1.82) is 0 Å². The fraction of sp³-hybridized carbons (Fsp3) is 0.273. The normalized spacial score (nSPS) is 13.4. The lowest BCUT2D eigenvalue weighted by Gasteiger charge is -2.15. The molecule has 160 valence electrons. The molecule has 0 saturated carbocycles. The molecule has 2 aromatic carbocycles. The number of carbonyl (C=O) groups is 2. The summed E-state index contributed by atoms with van der Waals surface area (Å²) in [5.74, 6) is 0.0271. The summed E-state index contributed by atoms with van der Waals surface area (Å²) in [4.78, 5) is 26.2. The van der Waals surface area contributed by atoms with Crippen LogP contribution < -0.4 is 5.32 Å². The Morgan fingerprint density at radius 3 is 2.42 bits per heavy atom. The third-order valence-corrected chi connectivity index (χ3v) is 5.91. The third-order valence-electron chi connectivity index (χ3n) is 4.98. The van der Waals surface area contributed by atoms with Crippen molar-refractivity contribution in [1.82, 2.24) is 25.0 Å². The van der Waals surface area contributed by atoms with E-state index in [2.05, 4.69) is 15.5 Å². The summed E-state index contributed by atoms with van der Waals surface area (Å²) < 4.78 is 15.2. The fourth-order valence-corrected chi connectivity index (χ4v) is 4.18. The fourth-order valence-electron chi connectivity index (χ4n) is 3.39. The second-order valence-electron chi connectivity index (χ2n) is 7.14. The van der Waals surface area contributed by atoms with Gasteiger partial charge in [-0.1, -0.05) is 42.1 Å². The van der Waals surface area contributed by atoms with Crippen molar-refractivity contribution in [2.75, 3.05) is 25.4 Å². The van der Waals surface area contributed by atoms with Gasteiger partial charge in [-0.25, -0.2) is 4.39 Å². The molecule has 1 N–H and O–H groups in total. The highest BCUT2D eigenvalue weighted by Crippen LogP contribution is 2.28. The maximum Gasteiger partial charge on any atom is 0.241 e. The van der Waals surface area contributed by atoms with Crippen LogP contribution >= 0.6 is 11.8 Å². The smallest absolute Gasteiger partial charge is 0.241 e. The monoisotopic (exact) mass is 439 g/mol. The first kappa shape index (κ1) is 21.0. The number of rotatable bonds is 7. The van der Waals surface area contributed by atoms with Crippen LogP contribution in [0.25, 0.3) is 17.1 Å². The number of likely N-dealkylation sites (tertiary alicyclic amines) is 1. The second kappa shape index (κ2) is 9.74. The van der Waals surface area contributed by atoms with Gasteiger partial charge in [-0.05, 0) is 37.1 Å². The number of aromatic nitrogens is 3. The maximum absolute atomic E-state index is 13.4. The summed E-state index contributed by atoms with van der Waals surface area (Å²) in [5, 5.41) is 11.7. The first-order chi connectivity index (χ1) is 15.1. The van der Waals surface area contributed by atoms with Crippen molar-refractivity contribution in [3.05, 3.63) is 60.4 Å². The van der Waals surface area contributed by atoms with E-state index in [0.717, 1.165) is 31.5 Å². The van der Waals surface area contributed by atoms with Gasteiger partial charge in [0.25, 0.3) is 0 Å². The standard InChI is InChI=1S/C22H22FN5O2S/c23-17-8-10-18(11-9-17)28-21(16-6-2-1-3-7-16)25-26-22(28)31-15-19(29)24-14-20(30)27-12-4-5-13-27/h1-3,6-11H,4-5,12-15H2,(H,24,29). The molecule has 1 saturated heterocycles. The summed E-state index contributed by atoms with van der Waals surface area (Å²) in [5.41, 5.74) is 1.55. The van der Waals surface area contributed by atoms with Crippen molar-refractivity contribution in [2.24, 2.45) is 0 Å². The van der Waals surface area contributed by atoms with Gasteiger partial charge in [0.05, 0.1) is 12.3 Å². The molecule has 0 aliphatic carbocycles. The Balaban J connectivity index is 1.47. The average Bonchev–Trinajstić information content (AvgIpc) is 3.48. The Morgan fingerprint density at radius 2 is 1.71 bits per heavy atom. The molecule has 0 atom stereocenters. The Hall–Kier alpha value is -3.20. The number of nitrogens with zero attached hydrogens (tertiary/aromatic N) is 4. The Bertz CT molecular complexity index is 1050. The predicted octanol–water partition coefficient (Wildman–Crippen LogP) is 2.90. The minimum Gasteiger partial charge on any atom is -0.346 e. The predicted molar refractivity (Wildman–Crippen MR) is 116 cm³/mol. The van der Waals surface area contributed by atoms with Crippen LogP contribution in [-0.2, 0) is 9.59 Å². The van der Waals surface area contributed by atoms with E-state index < -0.39 is 0 Å². The van der Waals surface area contributed by atoms with E-state index in [9.17, 15) is 14.0 Å². The van der Waals surface area contributed by atoms with Gasteiger partial charge in [-0.15, -0.1) is 10.2 Å². The largest absolute Gasteiger partial charge is 0.346 e. The van der Waals surface area contributed by atoms with E-state index in [1.807, 2.05) is 30.3 Å². The number of carbonyl (C=O) groups excluding carboxylic acids is 2. The first-order valence-electron chi connectivity index (χ1n) is 10.1. The van der Waals surface area contributed by atoms with Crippen LogP contribution in [0.3, 0.4) is 0 Å². The lowest BCUT2D eigenvalue weighted by atomic mass is 10.2. The van der Waals surface area contributed by atoms with Crippen LogP contribution in [0, 0.1) is 5.82 Å². The van der Waals surface area contributed by atoms with Gasteiger partial charge in [-0.2, -0.15) is 0 Å². The van der Waals surface area contributed by atoms with Crippen molar-refractivity contribution in [2.45, 2.75) is 18.0 Å². The number of benzene rings is 2. The van der Waals surface area contributed by atoms with Crippen molar-refractivity contribution < 1.29 is 14.0 Å². The van der Waals surface area contributed by atoms with Gasteiger partial charge < -0.3 is 10.2 Å². The number of nitrogens with one attached hydrogen (secondary N) is 1. The van der Waals surface area contributed by atoms with Crippen LogP contribution in [0.4, 0.5) is 4.39 Å². The maximum atomic E-state index is 13.4. The zero-order valence-electron chi connectivity index (χ0n) is 16.8. The molecule has 1 fully saturated rings. The molecule has 7 nitrogen and oxygen atoms in total. The lowest BCUT2D eigenvalue weighted by molar-refractivity contribution is -0.131. The number of halogens is 1. The molecule has 3 aromatic rings. The molecule has 1 aliphatic rings. The molecular weight excluding hydrogens is 417 g/mol. The quantitative estimate of drug-likeness (QED) is 0.573. The van der Waals surface area contributed by atoms with E-state index in [0.29, 0.717) is 16.7 Å². The molecular formula is C22H22FN5O2S. The minimum absolute atomic E-state index is 0.000683. The summed E-state index contributed by atoms with van der Waals surface area (Å²) in [6.07, 6.45) is 2.02. The van der Waals surface area contributed by atoms with Gasteiger partial charge >= 0.3 is 0 Å². The molecule has 0 bridgehead atoms. The molecule has 2 heterocycles. The first-order valence-corrected chi connectivity index (χ1v) is 11.0. The van der Waals surface area contributed by atoms with Crippen LogP contribution in [0.2, 0.25) is 0 Å². The van der Waals surface area contributed by atoms with Gasteiger partial charge in [0.15, 0.2) is 11.0 Å². The number of thioether (sulfide) groups is 1. The zero-order valence-corrected chi connectivity index (χ0v) is 17.6. The van der Waals surface area contributed by atoms with Crippen LogP contribution in [0.15, 0.2) is 59.8 Å². The highest BCUT2D eigenvalue weighted by atomic mass is 32.2. The van der Waals surface area contributed by atoms with E-state index in [4.69, 9.17) is 0 Å². The van der Waals surface area contributed by atoms with Crippen LogP contribution in [0.1, 0.15) is 12.8 Å². The number of amides is 2.